The zero-order valence-corrected chi connectivity index (χ0v) is 15.5. The summed E-state index contributed by atoms with van der Waals surface area (Å²) >= 11 is 0. The molecule has 2 fully saturated rings. The van der Waals surface area contributed by atoms with Gasteiger partial charge >= 0.3 is 0 Å². The standard InChI is InChI=1S/C20H26N6O/c1-21-14-20(9-10-20)26-13-17(24-25-26)18(15-5-3-2-4-6-15)23-19(27)16-7-11-22-12-8-16/h7-8,11-13,15,18H,1-6,9-10,14H2,(H,23,27). The summed E-state index contributed by atoms with van der Waals surface area (Å²) in [4.78, 5) is 20.8. The SMILES string of the molecule is C=NCC1(n2cc(C(NC(=O)c3ccncc3)C3CCCCC3)nn2)CC1. The smallest absolute Gasteiger partial charge is 0.251 e. The summed E-state index contributed by atoms with van der Waals surface area (Å²) in [6.07, 6.45) is 13.3. The van der Waals surface area contributed by atoms with Gasteiger partial charge in [0.15, 0.2) is 0 Å². The Morgan fingerprint density at radius 3 is 2.70 bits per heavy atom. The number of carbonyl (C=O) groups is 1. The van der Waals surface area contributed by atoms with E-state index in [1.165, 1.54) is 19.3 Å². The first-order valence-electron chi connectivity index (χ1n) is 9.78. The molecule has 1 atom stereocenters. The number of nitrogens with zero attached hydrogens (tertiary/aromatic N) is 5. The first kappa shape index (κ1) is 17.8. The maximum Gasteiger partial charge on any atom is 0.251 e. The summed E-state index contributed by atoms with van der Waals surface area (Å²) in [5.41, 5.74) is 1.41. The molecule has 2 aromatic heterocycles. The van der Waals surface area contributed by atoms with E-state index in [2.05, 4.69) is 32.3 Å². The van der Waals surface area contributed by atoms with E-state index in [0.717, 1.165) is 31.4 Å². The zero-order valence-electron chi connectivity index (χ0n) is 15.5. The van der Waals surface area contributed by atoms with Crippen LogP contribution in [-0.2, 0) is 5.54 Å². The summed E-state index contributed by atoms with van der Waals surface area (Å²) in [6.45, 7) is 4.29. The van der Waals surface area contributed by atoms with Crippen molar-refractivity contribution in [2.45, 2.75) is 56.5 Å². The Morgan fingerprint density at radius 1 is 1.30 bits per heavy atom. The van der Waals surface area contributed by atoms with Gasteiger partial charge < -0.3 is 5.32 Å². The van der Waals surface area contributed by atoms with Gasteiger partial charge in [0.05, 0.1) is 24.3 Å². The number of rotatable bonds is 7. The van der Waals surface area contributed by atoms with Crippen LogP contribution in [0.2, 0.25) is 0 Å². The van der Waals surface area contributed by atoms with Crippen molar-refractivity contribution in [3.8, 4) is 0 Å². The lowest BCUT2D eigenvalue weighted by atomic mass is 9.82. The highest BCUT2D eigenvalue weighted by atomic mass is 16.1. The molecule has 2 aliphatic rings. The van der Waals surface area contributed by atoms with Crippen molar-refractivity contribution >= 4 is 12.6 Å². The predicted molar refractivity (Wildman–Crippen MR) is 103 cm³/mol. The quantitative estimate of drug-likeness (QED) is 0.764. The van der Waals surface area contributed by atoms with E-state index >= 15 is 0 Å². The second-order valence-corrected chi connectivity index (χ2v) is 7.78. The minimum atomic E-state index is -0.118. The van der Waals surface area contributed by atoms with Crippen molar-refractivity contribution in [2.24, 2.45) is 10.9 Å². The van der Waals surface area contributed by atoms with E-state index in [-0.39, 0.29) is 17.5 Å². The summed E-state index contributed by atoms with van der Waals surface area (Å²) in [5, 5.41) is 12.1. The van der Waals surface area contributed by atoms with Crippen LogP contribution < -0.4 is 5.32 Å². The topological polar surface area (TPSA) is 85.1 Å². The van der Waals surface area contributed by atoms with Gasteiger partial charge in [0, 0.05) is 18.0 Å². The van der Waals surface area contributed by atoms with Gasteiger partial charge in [0.1, 0.15) is 5.69 Å². The lowest BCUT2D eigenvalue weighted by Gasteiger charge is -2.29. The number of pyridine rings is 1. The second-order valence-electron chi connectivity index (χ2n) is 7.78. The molecule has 1 amide bonds. The molecule has 0 spiro atoms. The highest BCUT2D eigenvalue weighted by molar-refractivity contribution is 5.94. The Morgan fingerprint density at radius 2 is 2.04 bits per heavy atom. The van der Waals surface area contributed by atoms with Gasteiger partial charge in [-0.15, -0.1) is 5.10 Å². The molecule has 1 N–H and O–H groups in total. The molecule has 0 radical (unpaired) electrons. The van der Waals surface area contributed by atoms with E-state index < -0.39 is 0 Å². The lowest BCUT2D eigenvalue weighted by Crippen LogP contribution is -2.34. The average molecular weight is 366 g/mol. The summed E-state index contributed by atoms with van der Waals surface area (Å²) in [5.74, 6) is 0.304. The average Bonchev–Trinajstić information content (AvgIpc) is 3.33. The molecule has 2 saturated carbocycles. The largest absolute Gasteiger partial charge is 0.343 e. The minimum absolute atomic E-state index is 0.0563. The number of hydrogen-bond donors (Lipinski definition) is 1. The third-order valence-corrected chi connectivity index (χ3v) is 5.90. The Bertz CT molecular complexity index is 792. The fourth-order valence-corrected chi connectivity index (χ4v) is 4.09. The maximum absolute atomic E-state index is 12.8. The molecule has 7 nitrogen and oxygen atoms in total. The summed E-state index contributed by atoms with van der Waals surface area (Å²) < 4.78 is 1.94. The Balaban J connectivity index is 1.57. The molecule has 2 aromatic rings. The fraction of sp³-hybridized carbons (Fsp3) is 0.550. The molecule has 0 bridgehead atoms. The van der Waals surface area contributed by atoms with Crippen molar-refractivity contribution in [3.05, 3.63) is 42.0 Å². The van der Waals surface area contributed by atoms with Crippen LogP contribution in [0.1, 0.15) is 67.0 Å². The first-order valence-corrected chi connectivity index (χ1v) is 9.78. The minimum Gasteiger partial charge on any atom is -0.343 e. The molecular weight excluding hydrogens is 340 g/mol. The third-order valence-electron chi connectivity index (χ3n) is 5.90. The van der Waals surface area contributed by atoms with Crippen LogP contribution in [-0.4, -0.2) is 39.1 Å². The maximum atomic E-state index is 12.8. The lowest BCUT2D eigenvalue weighted by molar-refractivity contribution is 0.0910. The van der Waals surface area contributed by atoms with E-state index in [4.69, 9.17) is 0 Å². The molecule has 0 saturated heterocycles. The number of hydrogen-bond acceptors (Lipinski definition) is 5. The third kappa shape index (κ3) is 3.77. The molecule has 27 heavy (non-hydrogen) atoms. The van der Waals surface area contributed by atoms with Gasteiger partial charge in [-0.25, -0.2) is 4.68 Å². The number of aromatic nitrogens is 4. The van der Waals surface area contributed by atoms with Crippen LogP contribution in [0.4, 0.5) is 0 Å². The molecule has 7 heteroatoms. The Labute approximate surface area is 159 Å². The van der Waals surface area contributed by atoms with E-state index in [1.807, 2.05) is 10.9 Å². The molecule has 142 valence electrons. The molecule has 1 unspecified atom stereocenters. The predicted octanol–water partition coefficient (Wildman–Crippen LogP) is 2.91. The van der Waals surface area contributed by atoms with Crippen LogP contribution in [0.15, 0.2) is 35.7 Å². The van der Waals surface area contributed by atoms with Gasteiger partial charge in [-0.1, -0.05) is 24.5 Å². The number of carbonyl (C=O) groups excluding carboxylic acids is 1. The van der Waals surface area contributed by atoms with Gasteiger partial charge in [-0.2, -0.15) is 0 Å². The van der Waals surface area contributed by atoms with E-state index in [1.54, 1.807) is 24.5 Å². The zero-order chi connectivity index (χ0) is 18.7. The highest BCUT2D eigenvalue weighted by Gasteiger charge is 2.46. The Hall–Kier alpha value is -2.57. The van der Waals surface area contributed by atoms with Crippen LogP contribution in [0.25, 0.3) is 0 Å². The number of amides is 1. The van der Waals surface area contributed by atoms with Crippen LogP contribution >= 0.6 is 0 Å². The van der Waals surface area contributed by atoms with Gasteiger partial charge in [-0.3, -0.25) is 14.8 Å². The molecular formula is C20H26N6O. The van der Waals surface area contributed by atoms with Gasteiger partial charge in [-0.05, 0) is 50.5 Å². The molecule has 4 rings (SSSR count). The number of aliphatic imine (C=N–C) groups is 1. The normalized spacial score (nSPS) is 20.0. The first-order chi connectivity index (χ1) is 13.2. The second kappa shape index (κ2) is 7.58. The van der Waals surface area contributed by atoms with Crippen molar-refractivity contribution in [3.63, 3.8) is 0 Å². The van der Waals surface area contributed by atoms with Crippen LogP contribution in [0, 0.1) is 5.92 Å². The van der Waals surface area contributed by atoms with Crippen LogP contribution in [0.3, 0.4) is 0 Å². The van der Waals surface area contributed by atoms with Crippen LogP contribution in [0.5, 0.6) is 0 Å². The molecule has 2 heterocycles. The van der Waals surface area contributed by atoms with Gasteiger partial charge in [0.2, 0.25) is 0 Å². The monoisotopic (exact) mass is 366 g/mol. The van der Waals surface area contributed by atoms with Crippen molar-refractivity contribution < 1.29 is 4.79 Å². The van der Waals surface area contributed by atoms with Crippen molar-refractivity contribution in [1.29, 1.82) is 0 Å². The van der Waals surface area contributed by atoms with Gasteiger partial charge in [0.25, 0.3) is 5.91 Å². The summed E-state index contributed by atoms with van der Waals surface area (Å²) in [7, 11) is 0. The molecule has 2 aliphatic carbocycles. The van der Waals surface area contributed by atoms with Crippen molar-refractivity contribution in [2.75, 3.05) is 6.54 Å². The number of nitrogens with one attached hydrogen (secondary N) is 1. The van der Waals surface area contributed by atoms with E-state index in [9.17, 15) is 4.79 Å². The fourth-order valence-electron chi connectivity index (χ4n) is 4.09. The Kier molecular flexibility index (Phi) is 5.01. The molecule has 0 aromatic carbocycles. The summed E-state index contributed by atoms with van der Waals surface area (Å²) in [6, 6.07) is 3.35. The van der Waals surface area contributed by atoms with Crippen molar-refractivity contribution in [1.82, 2.24) is 25.3 Å². The highest BCUT2D eigenvalue weighted by Crippen LogP contribution is 2.43. The van der Waals surface area contributed by atoms with E-state index in [0.29, 0.717) is 18.0 Å². The molecule has 0 aliphatic heterocycles.